The van der Waals surface area contributed by atoms with Crippen molar-refractivity contribution in [3.63, 3.8) is 0 Å². The third kappa shape index (κ3) is 7.31. The maximum Gasteiger partial charge on any atom is 0.191 e. The number of aromatic nitrogens is 1. The van der Waals surface area contributed by atoms with Gasteiger partial charge in [0.1, 0.15) is 0 Å². The lowest BCUT2D eigenvalue weighted by atomic mass is 10.2. The summed E-state index contributed by atoms with van der Waals surface area (Å²) in [5, 5.41) is 10.3. The third-order valence-corrected chi connectivity index (χ3v) is 3.27. The first kappa shape index (κ1) is 20.4. The van der Waals surface area contributed by atoms with Crippen LogP contribution in [-0.4, -0.2) is 31.3 Å². The second kappa shape index (κ2) is 11.9. The summed E-state index contributed by atoms with van der Waals surface area (Å²) in [6.45, 7) is 4.51. The Hall–Kier alpha value is -1.61. The van der Waals surface area contributed by atoms with Gasteiger partial charge in [-0.3, -0.25) is 4.99 Å². The fraction of sp³-hybridized carbons (Fsp3) is 0.412. The summed E-state index contributed by atoms with van der Waals surface area (Å²) in [6.07, 6.45) is 0.870. The lowest BCUT2D eigenvalue weighted by Gasteiger charge is -2.11. The summed E-state index contributed by atoms with van der Waals surface area (Å²) in [5.74, 6) is 1.51. The summed E-state index contributed by atoms with van der Waals surface area (Å²) in [7, 11) is 1.73. The molecule has 0 bridgehead atoms. The average molecular weight is 444 g/mol. The second-order valence-corrected chi connectivity index (χ2v) is 5.03. The minimum atomic E-state index is 0. The van der Waals surface area contributed by atoms with E-state index in [0.717, 1.165) is 17.9 Å². The highest BCUT2D eigenvalue weighted by atomic mass is 127. The molecule has 0 saturated carbocycles. The Kier molecular flexibility index (Phi) is 10.1. The zero-order valence-corrected chi connectivity index (χ0v) is 16.4. The number of rotatable bonds is 8. The molecule has 0 aliphatic carbocycles. The first-order valence-electron chi connectivity index (χ1n) is 7.82. The van der Waals surface area contributed by atoms with Gasteiger partial charge >= 0.3 is 0 Å². The molecular weight excluding hydrogens is 419 g/mol. The van der Waals surface area contributed by atoms with Crippen LogP contribution in [0.3, 0.4) is 0 Å². The first-order chi connectivity index (χ1) is 11.3. The van der Waals surface area contributed by atoms with Gasteiger partial charge in [-0.1, -0.05) is 42.4 Å². The van der Waals surface area contributed by atoms with Crippen LogP contribution in [0.4, 0.5) is 0 Å². The van der Waals surface area contributed by atoms with Gasteiger partial charge in [0.25, 0.3) is 0 Å². The van der Waals surface area contributed by atoms with Crippen molar-refractivity contribution < 1.29 is 9.26 Å². The monoisotopic (exact) mass is 444 g/mol. The Labute approximate surface area is 160 Å². The molecule has 7 heteroatoms. The van der Waals surface area contributed by atoms with Crippen LogP contribution < -0.4 is 10.6 Å². The molecule has 0 saturated heterocycles. The Bertz CT molecular complexity index is 602. The molecule has 0 amide bonds. The van der Waals surface area contributed by atoms with E-state index in [4.69, 9.17) is 9.26 Å². The van der Waals surface area contributed by atoms with Crippen molar-refractivity contribution in [3.8, 4) is 0 Å². The molecule has 6 nitrogen and oxygen atoms in total. The first-order valence-corrected chi connectivity index (χ1v) is 7.82. The van der Waals surface area contributed by atoms with Crippen LogP contribution in [0.25, 0.3) is 0 Å². The standard InChI is InChI=1S/C17H24N4O2.HI/c1-3-15-11-16(23-21-15)12-20-17(18-2)19-9-10-22-13-14-7-5-4-6-8-14;/h4-8,11H,3,9-10,12-13H2,1-2H3,(H2,18,19,20);1H. The van der Waals surface area contributed by atoms with Crippen molar-refractivity contribution >= 4 is 29.9 Å². The fourth-order valence-corrected chi connectivity index (χ4v) is 2.00. The number of halogens is 1. The number of aryl methyl sites for hydroxylation is 1. The summed E-state index contributed by atoms with van der Waals surface area (Å²) in [4.78, 5) is 4.16. The molecule has 24 heavy (non-hydrogen) atoms. The van der Waals surface area contributed by atoms with Gasteiger partial charge < -0.3 is 19.9 Å². The summed E-state index contributed by atoms with van der Waals surface area (Å²) in [6, 6.07) is 12.1. The van der Waals surface area contributed by atoms with Crippen LogP contribution in [0.5, 0.6) is 0 Å². The zero-order valence-electron chi connectivity index (χ0n) is 14.1. The highest BCUT2D eigenvalue weighted by molar-refractivity contribution is 14.0. The largest absolute Gasteiger partial charge is 0.375 e. The van der Waals surface area contributed by atoms with Gasteiger partial charge in [-0.05, 0) is 12.0 Å². The summed E-state index contributed by atoms with van der Waals surface area (Å²) in [5.41, 5.74) is 2.13. The maximum absolute atomic E-state index is 5.62. The highest BCUT2D eigenvalue weighted by Gasteiger charge is 2.03. The van der Waals surface area contributed by atoms with E-state index in [2.05, 4.69) is 32.9 Å². The zero-order chi connectivity index (χ0) is 16.3. The van der Waals surface area contributed by atoms with Crippen LogP contribution in [-0.2, 0) is 24.3 Å². The van der Waals surface area contributed by atoms with Gasteiger partial charge in [0.15, 0.2) is 11.7 Å². The topological polar surface area (TPSA) is 71.7 Å². The third-order valence-electron chi connectivity index (χ3n) is 3.27. The quantitative estimate of drug-likeness (QED) is 0.284. The molecule has 0 aliphatic rings. The van der Waals surface area contributed by atoms with E-state index in [9.17, 15) is 0 Å². The minimum Gasteiger partial charge on any atom is -0.375 e. The van der Waals surface area contributed by atoms with Crippen LogP contribution in [0.15, 0.2) is 45.9 Å². The molecule has 2 rings (SSSR count). The number of hydrogen-bond donors (Lipinski definition) is 2. The van der Waals surface area contributed by atoms with Gasteiger partial charge in [-0.15, -0.1) is 24.0 Å². The van der Waals surface area contributed by atoms with E-state index in [1.165, 1.54) is 5.56 Å². The number of nitrogens with zero attached hydrogens (tertiary/aromatic N) is 2. The highest BCUT2D eigenvalue weighted by Crippen LogP contribution is 2.03. The fourth-order valence-electron chi connectivity index (χ4n) is 2.00. The van der Waals surface area contributed by atoms with Crippen LogP contribution in [0, 0.1) is 0 Å². The van der Waals surface area contributed by atoms with Crippen LogP contribution in [0.1, 0.15) is 23.9 Å². The molecule has 0 aliphatic heterocycles. The van der Waals surface area contributed by atoms with Gasteiger partial charge in [0, 0.05) is 19.7 Å². The molecule has 2 N–H and O–H groups in total. The van der Waals surface area contributed by atoms with Crippen LogP contribution >= 0.6 is 24.0 Å². The smallest absolute Gasteiger partial charge is 0.191 e. The van der Waals surface area contributed by atoms with Gasteiger partial charge in [0.05, 0.1) is 25.5 Å². The average Bonchev–Trinajstić information content (AvgIpc) is 3.06. The van der Waals surface area contributed by atoms with Gasteiger partial charge in [-0.25, -0.2) is 0 Å². The van der Waals surface area contributed by atoms with Gasteiger partial charge in [0.2, 0.25) is 0 Å². The Morgan fingerprint density at radius 3 is 2.71 bits per heavy atom. The van der Waals surface area contributed by atoms with E-state index >= 15 is 0 Å². The molecule has 0 unspecified atom stereocenters. The lowest BCUT2D eigenvalue weighted by Crippen LogP contribution is -2.38. The molecule has 1 aromatic heterocycles. The lowest BCUT2D eigenvalue weighted by molar-refractivity contribution is 0.125. The van der Waals surface area contributed by atoms with E-state index in [1.54, 1.807) is 7.05 Å². The number of aliphatic imine (C=N–C) groups is 1. The molecule has 0 radical (unpaired) electrons. The molecule has 132 valence electrons. The normalized spacial score (nSPS) is 11.0. The number of hydrogen-bond acceptors (Lipinski definition) is 4. The molecule has 1 aromatic carbocycles. The van der Waals surface area contributed by atoms with Crippen molar-refractivity contribution in [2.24, 2.45) is 4.99 Å². The maximum atomic E-state index is 5.62. The summed E-state index contributed by atoms with van der Waals surface area (Å²) < 4.78 is 10.8. The molecule has 0 spiro atoms. The van der Waals surface area contributed by atoms with Crippen molar-refractivity contribution in [2.45, 2.75) is 26.5 Å². The van der Waals surface area contributed by atoms with Crippen LogP contribution in [0.2, 0.25) is 0 Å². The SMILES string of the molecule is CCc1cc(CNC(=NC)NCCOCc2ccccc2)on1.I. The van der Waals surface area contributed by atoms with E-state index < -0.39 is 0 Å². The van der Waals surface area contributed by atoms with E-state index in [1.807, 2.05) is 31.2 Å². The molecular formula is C17H25IN4O2. The predicted molar refractivity (Wildman–Crippen MR) is 106 cm³/mol. The molecule has 2 aromatic rings. The van der Waals surface area contributed by atoms with Crippen molar-refractivity contribution in [1.29, 1.82) is 0 Å². The second-order valence-electron chi connectivity index (χ2n) is 5.03. The number of nitrogens with one attached hydrogen (secondary N) is 2. The summed E-state index contributed by atoms with van der Waals surface area (Å²) >= 11 is 0. The van der Waals surface area contributed by atoms with Crippen molar-refractivity contribution in [3.05, 3.63) is 53.4 Å². The molecule has 0 fully saturated rings. The molecule has 1 heterocycles. The van der Waals surface area contributed by atoms with E-state index in [-0.39, 0.29) is 24.0 Å². The Balaban J connectivity index is 0.00000288. The number of guanidine groups is 1. The van der Waals surface area contributed by atoms with Gasteiger partial charge in [-0.2, -0.15) is 0 Å². The van der Waals surface area contributed by atoms with Crippen molar-refractivity contribution in [1.82, 2.24) is 15.8 Å². The number of benzene rings is 1. The van der Waals surface area contributed by atoms with Crippen molar-refractivity contribution in [2.75, 3.05) is 20.2 Å². The molecule has 0 atom stereocenters. The number of ether oxygens (including phenoxy) is 1. The van der Waals surface area contributed by atoms with E-state index in [0.29, 0.717) is 32.3 Å². The Morgan fingerprint density at radius 2 is 2.04 bits per heavy atom. The predicted octanol–water partition coefficient (Wildman–Crippen LogP) is 2.74. The Morgan fingerprint density at radius 1 is 1.25 bits per heavy atom. The minimum absolute atomic E-state index is 0.